The van der Waals surface area contributed by atoms with Crippen molar-refractivity contribution in [2.45, 2.75) is 39.5 Å². The molecule has 0 spiro atoms. The van der Waals surface area contributed by atoms with Gasteiger partial charge in [-0.1, -0.05) is 45.9 Å². The van der Waals surface area contributed by atoms with Crippen molar-refractivity contribution in [3.05, 3.63) is 41.0 Å². The topological polar surface area (TPSA) is 46.2 Å². The van der Waals surface area contributed by atoms with Crippen molar-refractivity contribution in [2.75, 3.05) is 0 Å². The van der Waals surface area contributed by atoms with Gasteiger partial charge in [0.05, 0.1) is 5.57 Å². The van der Waals surface area contributed by atoms with Gasteiger partial charge in [-0.25, -0.2) is 0 Å². The number of rotatable bonds is 3. The fraction of sp³-hybridized carbons (Fsp3) is 0.375. The molecule has 0 aromatic heterocycles. The van der Waals surface area contributed by atoms with Crippen molar-refractivity contribution in [1.29, 1.82) is 0 Å². The first kappa shape index (κ1) is 13.5. The number of amides is 2. The second kappa shape index (κ2) is 5.00. The molecule has 0 saturated carbocycles. The van der Waals surface area contributed by atoms with Crippen LogP contribution in [0.4, 0.5) is 0 Å². The first-order valence-corrected chi connectivity index (χ1v) is 6.62. The predicted octanol–water partition coefficient (Wildman–Crippen LogP) is 2.97. The van der Waals surface area contributed by atoms with Crippen LogP contribution < -0.4 is 5.32 Å². The van der Waals surface area contributed by atoms with E-state index in [1.54, 1.807) is 0 Å². The molecular weight excluding hydrogens is 238 g/mol. The van der Waals surface area contributed by atoms with Crippen molar-refractivity contribution in [3.63, 3.8) is 0 Å². The normalized spacial score (nSPS) is 15.2. The largest absolute Gasteiger partial charge is 0.289 e. The summed E-state index contributed by atoms with van der Waals surface area (Å²) in [5.74, 6) is -0.00975. The Labute approximate surface area is 113 Å². The van der Waals surface area contributed by atoms with E-state index in [-0.39, 0.29) is 11.8 Å². The molecule has 100 valence electrons. The van der Waals surface area contributed by atoms with Crippen molar-refractivity contribution >= 4 is 17.4 Å². The number of imide groups is 1. The number of hydrogen-bond donors (Lipinski definition) is 1. The van der Waals surface area contributed by atoms with Crippen LogP contribution in [0.1, 0.15) is 56.2 Å². The quantitative estimate of drug-likeness (QED) is 0.846. The van der Waals surface area contributed by atoms with Gasteiger partial charge >= 0.3 is 0 Å². The van der Waals surface area contributed by atoms with E-state index in [1.807, 2.05) is 18.2 Å². The molecule has 0 fully saturated rings. The third-order valence-corrected chi connectivity index (χ3v) is 3.40. The molecule has 3 nitrogen and oxygen atoms in total. The van der Waals surface area contributed by atoms with Crippen LogP contribution in [0.2, 0.25) is 0 Å². The number of carbonyl (C=O) groups is 2. The Hall–Kier alpha value is -1.90. The lowest BCUT2D eigenvalue weighted by Gasteiger charge is -2.19. The van der Waals surface area contributed by atoms with Crippen molar-refractivity contribution < 1.29 is 9.59 Å². The van der Waals surface area contributed by atoms with Gasteiger partial charge in [0.25, 0.3) is 11.8 Å². The van der Waals surface area contributed by atoms with Gasteiger partial charge in [0, 0.05) is 6.08 Å². The molecule has 0 atom stereocenters. The van der Waals surface area contributed by atoms with E-state index in [0.29, 0.717) is 17.4 Å². The Balaban J connectivity index is 2.69. The minimum atomic E-state index is -0.326. The van der Waals surface area contributed by atoms with Gasteiger partial charge in [-0.3, -0.25) is 14.9 Å². The molecule has 0 aliphatic carbocycles. The standard InChI is InChI=1S/C16H19NO2/c1-9(2)11-6-5-7-12(10(3)4)15(11)13-8-14(18)17-16(13)19/h5-10H,1-4H3,(H,17,18,19). The molecule has 1 aromatic rings. The Kier molecular flexibility index (Phi) is 3.56. The summed E-state index contributed by atoms with van der Waals surface area (Å²) in [5, 5.41) is 2.33. The average Bonchev–Trinajstić information content (AvgIpc) is 2.67. The molecule has 3 heteroatoms. The minimum absolute atomic E-state index is 0.292. The molecule has 2 rings (SSSR count). The van der Waals surface area contributed by atoms with E-state index in [4.69, 9.17) is 0 Å². The second-order valence-corrected chi connectivity index (χ2v) is 5.50. The van der Waals surface area contributed by atoms with Crippen LogP contribution in [0.5, 0.6) is 0 Å². The molecule has 1 aliphatic heterocycles. The van der Waals surface area contributed by atoms with Crippen molar-refractivity contribution in [3.8, 4) is 0 Å². The molecule has 1 aliphatic rings. The fourth-order valence-electron chi connectivity index (χ4n) is 2.46. The highest BCUT2D eigenvalue weighted by atomic mass is 16.2. The summed E-state index contributed by atoms with van der Waals surface area (Å²) in [4.78, 5) is 23.3. The monoisotopic (exact) mass is 257 g/mol. The zero-order valence-electron chi connectivity index (χ0n) is 11.8. The SMILES string of the molecule is CC(C)c1cccc(C(C)C)c1C1=CC(=O)NC1=O. The summed E-state index contributed by atoms with van der Waals surface area (Å²) in [6.07, 6.45) is 1.41. The van der Waals surface area contributed by atoms with Gasteiger partial charge in [-0.15, -0.1) is 0 Å². The van der Waals surface area contributed by atoms with Gasteiger partial charge < -0.3 is 0 Å². The van der Waals surface area contributed by atoms with Crippen LogP contribution in [-0.2, 0) is 9.59 Å². The van der Waals surface area contributed by atoms with Gasteiger partial charge in [-0.05, 0) is 28.5 Å². The Bertz CT molecular complexity index is 542. The van der Waals surface area contributed by atoms with Gasteiger partial charge in [-0.2, -0.15) is 0 Å². The molecule has 1 N–H and O–H groups in total. The maximum Gasteiger partial charge on any atom is 0.258 e. The molecule has 0 unspecified atom stereocenters. The molecule has 0 saturated heterocycles. The third kappa shape index (κ3) is 2.46. The maximum atomic E-state index is 11.9. The number of nitrogens with one attached hydrogen (secondary N) is 1. The Morgan fingerprint density at radius 3 is 1.84 bits per heavy atom. The highest BCUT2D eigenvalue weighted by Crippen LogP contribution is 2.34. The summed E-state index contributed by atoms with van der Waals surface area (Å²) in [7, 11) is 0. The minimum Gasteiger partial charge on any atom is -0.289 e. The molecule has 2 amide bonds. The van der Waals surface area contributed by atoms with Gasteiger partial charge in [0.2, 0.25) is 0 Å². The molecule has 0 radical (unpaired) electrons. The lowest BCUT2D eigenvalue weighted by atomic mass is 9.85. The summed E-state index contributed by atoms with van der Waals surface area (Å²) >= 11 is 0. The molecular formula is C16H19NO2. The van der Waals surface area contributed by atoms with Crippen molar-refractivity contribution in [2.24, 2.45) is 0 Å². The van der Waals surface area contributed by atoms with Crippen LogP contribution in [0.25, 0.3) is 5.57 Å². The number of carbonyl (C=O) groups excluding carboxylic acids is 2. The summed E-state index contributed by atoms with van der Waals surface area (Å²) in [5.41, 5.74) is 3.65. The van der Waals surface area contributed by atoms with E-state index in [1.165, 1.54) is 6.08 Å². The zero-order chi connectivity index (χ0) is 14.2. The van der Waals surface area contributed by atoms with Crippen LogP contribution in [0.3, 0.4) is 0 Å². The van der Waals surface area contributed by atoms with Crippen LogP contribution in [0.15, 0.2) is 24.3 Å². The number of hydrogen-bond acceptors (Lipinski definition) is 2. The smallest absolute Gasteiger partial charge is 0.258 e. The van der Waals surface area contributed by atoms with Gasteiger partial charge in [0.1, 0.15) is 0 Å². The highest BCUT2D eigenvalue weighted by Gasteiger charge is 2.27. The van der Waals surface area contributed by atoms with E-state index in [9.17, 15) is 9.59 Å². The zero-order valence-corrected chi connectivity index (χ0v) is 11.8. The predicted molar refractivity (Wildman–Crippen MR) is 75.7 cm³/mol. The second-order valence-electron chi connectivity index (χ2n) is 5.50. The molecule has 19 heavy (non-hydrogen) atoms. The molecule has 1 aromatic carbocycles. The molecule has 0 bridgehead atoms. The number of benzene rings is 1. The molecule has 1 heterocycles. The van der Waals surface area contributed by atoms with Crippen LogP contribution in [0, 0.1) is 0 Å². The average molecular weight is 257 g/mol. The lowest BCUT2D eigenvalue weighted by Crippen LogP contribution is -2.22. The van der Waals surface area contributed by atoms with Crippen LogP contribution in [-0.4, -0.2) is 11.8 Å². The Morgan fingerprint density at radius 1 is 0.947 bits per heavy atom. The highest BCUT2D eigenvalue weighted by molar-refractivity contribution is 6.34. The fourth-order valence-corrected chi connectivity index (χ4v) is 2.46. The van der Waals surface area contributed by atoms with Crippen LogP contribution >= 0.6 is 0 Å². The van der Waals surface area contributed by atoms with E-state index >= 15 is 0 Å². The third-order valence-electron chi connectivity index (χ3n) is 3.40. The first-order chi connectivity index (χ1) is 8.91. The summed E-state index contributed by atoms with van der Waals surface area (Å²) in [6, 6.07) is 6.08. The maximum absolute atomic E-state index is 11.9. The first-order valence-electron chi connectivity index (χ1n) is 6.62. The Morgan fingerprint density at radius 2 is 1.47 bits per heavy atom. The van der Waals surface area contributed by atoms with Gasteiger partial charge in [0.15, 0.2) is 0 Å². The van der Waals surface area contributed by atoms with E-state index < -0.39 is 0 Å². The summed E-state index contributed by atoms with van der Waals surface area (Å²) in [6.45, 7) is 8.38. The summed E-state index contributed by atoms with van der Waals surface area (Å²) < 4.78 is 0. The lowest BCUT2D eigenvalue weighted by molar-refractivity contribution is -0.123. The van der Waals surface area contributed by atoms with E-state index in [2.05, 4.69) is 33.0 Å². The van der Waals surface area contributed by atoms with E-state index in [0.717, 1.165) is 16.7 Å². The van der Waals surface area contributed by atoms with Crippen molar-refractivity contribution in [1.82, 2.24) is 5.32 Å².